The number of fused-ring (bicyclic) bond motifs is 2. The van der Waals surface area contributed by atoms with E-state index >= 15 is 0 Å². The normalized spacial score (nSPS) is 52.8. The first-order chi connectivity index (χ1) is 10.1. The molecule has 122 valence electrons. The van der Waals surface area contributed by atoms with Crippen molar-refractivity contribution in [2.75, 3.05) is 0 Å². The summed E-state index contributed by atoms with van der Waals surface area (Å²) in [6, 6.07) is 0. The predicted molar refractivity (Wildman–Crippen MR) is 87.3 cm³/mol. The molecule has 0 amide bonds. The van der Waals surface area contributed by atoms with Gasteiger partial charge in [0.25, 0.3) is 0 Å². The number of hydrogen-bond acceptors (Lipinski definition) is 2. The molecule has 0 unspecified atom stereocenters. The lowest BCUT2D eigenvalue weighted by Crippen LogP contribution is -2.61. The molecule has 2 heteroatoms. The molecular weight excluding hydrogens is 272 g/mol. The van der Waals surface area contributed by atoms with E-state index in [0.29, 0.717) is 11.7 Å². The standard InChI is InChI=1S/C20H30O2/c1-17(2)6-5-7-19(4)16(17)14(21)10-13-11-15(22)18(3)8-9-20(13,19)12-18/h11,14,16,21H,5-10,12H2,1-4H3/t14-,16-,18+,19-,20-/m0/s1. The summed E-state index contributed by atoms with van der Waals surface area (Å²) in [6.07, 6.45) is 9.29. The highest BCUT2D eigenvalue weighted by Crippen LogP contribution is 2.74. The molecule has 0 aromatic heterocycles. The Labute approximate surface area is 134 Å². The second-order valence-corrected chi connectivity index (χ2v) is 9.86. The maximum atomic E-state index is 12.6. The molecule has 0 radical (unpaired) electrons. The minimum absolute atomic E-state index is 0.138. The van der Waals surface area contributed by atoms with Crippen molar-refractivity contribution < 1.29 is 9.90 Å². The second kappa shape index (κ2) is 4.06. The van der Waals surface area contributed by atoms with Crippen LogP contribution in [0.2, 0.25) is 0 Å². The Bertz CT molecular complexity index is 574. The van der Waals surface area contributed by atoms with Crippen LogP contribution in [-0.4, -0.2) is 17.0 Å². The van der Waals surface area contributed by atoms with E-state index in [1.807, 2.05) is 6.08 Å². The van der Waals surface area contributed by atoms with Crippen LogP contribution in [0.1, 0.15) is 72.6 Å². The zero-order valence-corrected chi connectivity index (χ0v) is 14.5. The van der Waals surface area contributed by atoms with Crippen LogP contribution in [0.5, 0.6) is 0 Å². The lowest BCUT2D eigenvalue weighted by Gasteiger charge is -2.65. The Kier molecular flexibility index (Phi) is 2.76. The molecule has 0 aromatic carbocycles. The van der Waals surface area contributed by atoms with Crippen molar-refractivity contribution in [3.8, 4) is 0 Å². The van der Waals surface area contributed by atoms with Gasteiger partial charge in [0.1, 0.15) is 0 Å². The van der Waals surface area contributed by atoms with Crippen molar-refractivity contribution in [2.45, 2.75) is 78.7 Å². The Morgan fingerprint density at radius 1 is 1.09 bits per heavy atom. The van der Waals surface area contributed by atoms with Crippen LogP contribution < -0.4 is 0 Å². The fourth-order valence-electron chi connectivity index (χ4n) is 7.31. The van der Waals surface area contributed by atoms with Gasteiger partial charge in [0.2, 0.25) is 0 Å². The topological polar surface area (TPSA) is 37.3 Å². The molecule has 4 aliphatic rings. The van der Waals surface area contributed by atoms with Crippen molar-refractivity contribution in [3.63, 3.8) is 0 Å². The summed E-state index contributed by atoms with van der Waals surface area (Å²) in [7, 11) is 0. The third kappa shape index (κ3) is 1.53. The average Bonchev–Trinajstić information content (AvgIpc) is 2.71. The number of hydrogen-bond donors (Lipinski definition) is 1. The minimum atomic E-state index is -0.282. The SMILES string of the molecule is CC1(C)CCC[C@@]2(C)[C@H]1[C@@H](O)CC1=CC(=O)[C@]3(C)CC[C@]12C3. The van der Waals surface area contributed by atoms with Gasteiger partial charge in [-0.3, -0.25) is 4.79 Å². The Hall–Kier alpha value is -0.630. The molecule has 4 aliphatic carbocycles. The molecule has 3 saturated carbocycles. The largest absolute Gasteiger partial charge is 0.392 e. The quantitative estimate of drug-likeness (QED) is 0.725. The van der Waals surface area contributed by atoms with Gasteiger partial charge in [-0.25, -0.2) is 0 Å². The molecule has 0 saturated heterocycles. The van der Waals surface area contributed by atoms with E-state index in [4.69, 9.17) is 0 Å². The van der Waals surface area contributed by atoms with Gasteiger partial charge in [-0.2, -0.15) is 0 Å². The van der Waals surface area contributed by atoms with Crippen LogP contribution in [0.25, 0.3) is 0 Å². The highest BCUT2D eigenvalue weighted by molar-refractivity contribution is 5.97. The van der Waals surface area contributed by atoms with Gasteiger partial charge in [-0.15, -0.1) is 0 Å². The minimum Gasteiger partial charge on any atom is -0.392 e. The van der Waals surface area contributed by atoms with Gasteiger partial charge in [0, 0.05) is 5.41 Å². The first kappa shape index (κ1) is 14.9. The molecule has 1 N–H and O–H groups in total. The van der Waals surface area contributed by atoms with Crippen LogP contribution >= 0.6 is 0 Å². The summed E-state index contributed by atoms with van der Waals surface area (Å²) in [4.78, 5) is 12.6. The lowest BCUT2D eigenvalue weighted by molar-refractivity contribution is -0.160. The predicted octanol–water partition coefficient (Wildman–Crippen LogP) is 4.27. The van der Waals surface area contributed by atoms with Gasteiger partial charge in [0.05, 0.1) is 6.10 Å². The zero-order chi connectivity index (χ0) is 16.0. The first-order valence-electron chi connectivity index (χ1n) is 9.08. The Balaban J connectivity index is 1.90. The summed E-state index contributed by atoms with van der Waals surface area (Å²) >= 11 is 0. The molecule has 3 fully saturated rings. The average molecular weight is 302 g/mol. The van der Waals surface area contributed by atoms with Crippen LogP contribution in [0.4, 0.5) is 0 Å². The number of ketones is 1. The monoisotopic (exact) mass is 302 g/mol. The highest BCUT2D eigenvalue weighted by atomic mass is 16.3. The van der Waals surface area contributed by atoms with E-state index in [0.717, 1.165) is 25.7 Å². The van der Waals surface area contributed by atoms with E-state index in [9.17, 15) is 9.90 Å². The number of aliphatic hydroxyl groups excluding tert-OH is 1. The van der Waals surface area contributed by atoms with Crippen LogP contribution in [0.15, 0.2) is 11.6 Å². The molecular formula is C20H30O2. The molecule has 2 bridgehead atoms. The second-order valence-electron chi connectivity index (χ2n) is 9.86. The molecule has 22 heavy (non-hydrogen) atoms. The van der Waals surface area contributed by atoms with E-state index in [2.05, 4.69) is 27.7 Å². The number of carbonyl (C=O) groups is 1. The van der Waals surface area contributed by atoms with Crippen molar-refractivity contribution in [2.24, 2.45) is 27.6 Å². The van der Waals surface area contributed by atoms with E-state index < -0.39 is 0 Å². The molecule has 0 aromatic rings. The molecule has 4 rings (SSSR count). The maximum Gasteiger partial charge on any atom is 0.161 e. The number of carbonyl (C=O) groups excluding carboxylic acids is 1. The third-order valence-corrected chi connectivity index (χ3v) is 8.26. The number of rotatable bonds is 0. The van der Waals surface area contributed by atoms with Crippen molar-refractivity contribution in [1.82, 2.24) is 0 Å². The van der Waals surface area contributed by atoms with E-state index in [1.54, 1.807) is 0 Å². The fraction of sp³-hybridized carbons (Fsp3) is 0.850. The summed E-state index contributed by atoms with van der Waals surface area (Å²) in [6.45, 7) is 9.32. The molecule has 0 heterocycles. The maximum absolute atomic E-state index is 12.6. The number of allylic oxidation sites excluding steroid dienone is 1. The summed E-state index contributed by atoms with van der Waals surface area (Å²) < 4.78 is 0. The Morgan fingerprint density at radius 3 is 2.55 bits per heavy atom. The van der Waals surface area contributed by atoms with Crippen LogP contribution in [0.3, 0.4) is 0 Å². The van der Waals surface area contributed by atoms with Crippen LogP contribution in [0, 0.1) is 27.6 Å². The van der Waals surface area contributed by atoms with Crippen molar-refractivity contribution >= 4 is 5.78 Å². The highest BCUT2D eigenvalue weighted by Gasteiger charge is 2.68. The third-order valence-electron chi connectivity index (χ3n) is 8.26. The van der Waals surface area contributed by atoms with E-state index in [-0.39, 0.29) is 27.8 Å². The fourth-order valence-corrected chi connectivity index (χ4v) is 7.31. The van der Waals surface area contributed by atoms with Crippen molar-refractivity contribution in [1.29, 1.82) is 0 Å². The zero-order valence-electron chi connectivity index (χ0n) is 14.5. The first-order valence-corrected chi connectivity index (χ1v) is 9.08. The molecule has 5 atom stereocenters. The lowest BCUT2D eigenvalue weighted by atomic mass is 9.40. The van der Waals surface area contributed by atoms with Crippen molar-refractivity contribution in [3.05, 3.63) is 11.6 Å². The molecule has 2 nitrogen and oxygen atoms in total. The van der Waals surface area contributed by atoms with Gasteiger partial charge in [-0.1, -0.05) is 39.7 Å². The number of aliphatic hydroxyl groups is 1. The van der Waals surface area contributed by atoms with E-state index in [1.165, 1.54) is 24.8 Å². The smallest absolute Gasteiger partial charge is 0.161 e. The van der Waals surface area contributed by atoms with Gasteiger partial charge >= 0.3 is 0 Å². The summed E-state index contributed by atoms with van der Waals surface area (Å²) in [5.74, 6) is 0.682. The molecule has 1 spiro atoms. The van der Waals surface area contributed by atoms with Gasteiger partial charge in [-0.05, 0) is 66.8 Å². The summed E-state index contributed by atoms with van der Waals surface area (Å²) in [5, 5.41) is 11.0. The van der Waals surface area contributed by atoms with Gasteiger partial charge in [0.15, 0.2) is 5.78 Å². The molecule has 0 aliphatic heterocycles. The summed E-state index contributed by atoms with van der Waals surface area (Å²) in [5.41, 5.74) is 1.68. The van der Waals surface area contributed by atoms with Gasteiger partial charge < -0.3 is 5.11 Å². The van der Waals surface area contributed by atoms with Crippen LogP contribution in [-0.2, 0) is 4.79 Å². The Morgan fingerprint density at radius 2 is 1.82 bits per heavy atom.